The highest BCUT2D eigenvalue weighted by molar-refractivity contribution is 6.33. The molecular weight excluding hydrogens is 406 g/mol. The molecule has 142 valence electrons. The van der Waals surface area contributed by atoms with Crippen LogP contribution in [0.25, 0.3) is 5.69 Å². The third-order valence-electron chi connectivity index (χ3n) is 3.44. The summed E-state index contributed by atoms with van der Waals surface area (Å²) in [4.78, 5) is 6.95. The largest absolute Gasteiger partial charge is 0.484 e. The summed E-state index contributed by atoms with van der Waals surface area (Å²) in [6.07, 6.45) is -0.601. The van der Waals surface area contributed by atoms with Crippen molar-refractivity contribution in [2.75, 3.05) is 13.2 Å². The third kappa shape index (κ3) is 4.88. The maximum Gasteiger partial charge on any atom is 0.435 e. The van der Waals surface area contributed by atoms with Crippen molar-refractivity contribution in [3.8, 4) is 11.4 Å². The highest BCUT2D eigenvalue weighted by Gasteiger charge is 2.37. The van der Waals surface area contributed by atoms with Crippen LogP contribution in [0.5, 0.6) is 5.75 Å². The van der Waals surface area contributed by atoms with Gasteiger partial charge < -0.3 is 4.74 Å². The highest BCUT2D eigenvalue weighted by atomic mass is 35.5. The number of hydrogen-bond donors (Lipinski definition) is 1. The molecule has 0 fully saturated rings. The minimum atomic E-state index is -4.63. The van der Waals surface area contributed by atoms with Gasteiger partial charge in [-0.05, 0) is 18.2 Å². The molecule has 2 heterocycles. The van der Waals surface area contributed by atoms with E-state index in [1.165, 1.54) is 11.5 Å². The van der Waals surface area contributed by atoms with Gasteiger partial charge in [0.25, 0.3) is 0 Å². The van der Waals surface area contributed by atoms with Crippen LogP contribution in [0.2, 0.25) is 10.0 Å². The van der Waals surface area contributed by atoms with Crippen molar-refractivity contribution < 1.29 is 23.2 Å². The van der Waals surface area contributed by atoms with Crippen LogP contribution < -0.4 is 10.1 Å². The van der Waals surface area contributed by atoms with Crippen molar-refractivity contribution in [1.82, 2.24) is 19.7 Å². The zero-order chi connectivity index (χ0) is 19.4. The van der Waals surface area contributed by atoms with Gasteiger partial charge in [-0.2, -0.15) is 23.3 Å². The predicted molar refractivity (Wildman–Crippen MR) is 92.6 cm³/mol. The molecule has 0 aliphatic rings. The van der Waals surface area contributed by atoms with Crippen LogP contribution in [-0.4, -0.2) is 32.9 Å². The van der Waals surface area contributed by atoms with Crippen LogP contribution in [0.3, 0.4) is 0 Å². The molecule has 0 amide bonds. The number of hydrogen-bond acceptors (Lipinski definition) is 4. The van der Waals surface area contributed by atoms with Crippen LogP contribution in [0.4, 0.5) is 19.0 Å². The molecule has 0 bridgehead atoms. The van der Waals surface area contributed by atoms with E-state index < -0.39 is 16.9 Å². The molecule has 0 atom stereocenters. The second-order valence-electron chi connectivity index (χ2n) is 5.36. The first-order valence-electron chi connectivity index (χ1n) is 7.69. The van der Waals surface area contributed by atoms with E-state index in [-0.39, 0.29) is 12.4 Å². The third-order valence-corrected chi connectivity index (χ3v) is 4.05. The molecule has 0 saturated carbocycles. The van der Waals surface area contributed by atoms with Crippen molar-refractivity contribution in [3.63, 3.8) is 0 Å². The molecule has 0 saturated heterocycles. The molecule has 11 heteroatoms. The van der Waals surface area contributed by atoms with Crippen LogP contribution in [0, 0.1) is 0 Å². The number of ether oxygens (including phenoxy) is 1. The van der Waals surface area contributed by atoms with E-state index in [1.807, 2.05) is 6.07 Å². The number of rotatable bonds is 6. The van der Waals surface area contributed by atoms with Crippen LogP contribution in [0.15, 0.2) is 43.0 Å². The topological polar surface area (TPSA) is 69.4 Å². The van der Waals surface area contributed by atoms with E-state index in [0.717, 1.165) is 12.0 Å². The summed E-state index contributed by atoms with van der Waals surface area (Å²) in [6, 6.07) is 7.15. The first kappa shape index (κ1) is 19.4. The molecular formula is C16H13Cl2F3N5O+. The first-order valence-corrected chi connectivity index (χ1v) is 8.44. The van der Waals surface area contributed by atoms with Crippen molar-refractivity contribution in [1.29, 1.82) is 0 Å². The Bertz CT molecular complexity index is 932. The van der Waals surface area contributed by atoms with Gasteiger partial charge in [-0.15, -0.1) is 0 Å². The molecule has 0 radical (unpaired) electrons. The van der Waals surface area contributed by atoms with Crippen LogP contribution in [-0.2, 0) is 6.18 Å². The number of benzene rings is 1. The van der Waals surface area contributed by atoms with Gasteiger partial charge in [0.2, 0.25) is 5.82 Å². The highest BCUT2D eigenvalue weighted by Crippen LogP contribution is 2.34. The van der Waals surface area contributed by atoms with Crippen LogP contribution in [0.1, 0.15) is 5.69 Å². The Morgan fingerprint density at radius 2 is 2.00 bits per heavy atom. The van der Waals surface area contributed by atoms with E-state index in [9.17, 15) is 13.2 Å². The maximum atomic E-state index is 12.8. The van der Waals surface area contributed by atoms with E-state index in [0.29, 0.717) is 17.3 Å². The summed E-state index contributed by atoms with van der Waals surface area (Å²) >= 11 is 11.7. The maximum absolute atomic E-state index is 12.8. The Morgan fingerprint density at radius 1 is 1.19 bits per heavy atom. The van der Waals surface area contributed by atoms with Gasteiger partial charge >= 0.3 is 6.18 Å². The Balaban J connectivity index is 1.56. The van der Waals surface area contributed by atoms with Gasteiger partial charge in [0.1, 0.15) is 19.5 Å². The average Bonchev–Trinajstić information content (AvgIpc) is 3.08. The van der Waals surface area contributed by atoms with E-state index in [2.05, 4.69) is 15.1 Å². The quantitative estimate of drug-likeness (QED) is 0.623. The fourth-order valence-corrected chi connectivity index (χ4v) is 2.70. The average molecular weight is 419 g/mol. The van der Waals surface area contributed by atoms with Gasteiger partial charge in [-0.1, -0.05) is 29.3 Å². The van der Waals surface area contributed by atoms with E-state index in [4.69, 9.17) is 27.9 Å². The van der Waals surface area contributed by atoms with Gasteiger partial charge in [0, 0.05) is 5.02 Å². The Kier molecular flexibility index (Phi) is 5.83. The monoisotopic (exact) mass is 418 g/mol. The second-order valence-corrected chi connectivity index (χ2v) is 6.18. The number of quaternary nitrogens is 1. The molecule has 3 rings (SSSR count). The minimum Gasteiger partial charge on any atom is -0.484 e. The van der Waals surface area contributed by atoms with E-state index >= 15 is 0 Å². The number of nitrogens with two attached hydrogens (primary N) is 1. The summed E-state index contributed by atoms with van der Waals surface area (Å²) in [5.74, 6) is 0.519. The van der Waals surface area contributed by atoms with Gasteiger partial charge in [0.15, 0.2) is 16.5 Å². The van der Waals surface area contributed by atoms with Gasteiger partial charge in [0.05, 0.1) is 18.1 Å². The van der Waals surface area contributed by atoms with Gasteiger partial charge in [-0.3, -0.25) is 5.32 Å². The molecule has 0 unspecified atom stereocenters. The van der Waals surface area contributed by atoms with Crippen molar-refractivity contribution in [2.45, 2.75) is 6.18 Å². The number of halogens is 5. The molecule has 3 aromatic rings. The molecule has 6 nitrogen and oxygen atoms in total. The summed E-state index contributed by atoms with van der Waals surface area (Å²) in [7, 11) is 0. The lowest BCUT2D eigenvalue weighted by molar-refractivity contribution is -0.576. The molecule has 0 aliphatic heterocycles. The number of alkyl halides is 3. The van der Waals surface area contributed by atoms with Crippen molar-refractivity contribution >= 4 is 29.0 Å². The van der Waals surface area contributed by atoms with Crippen molar-refractivity contribution in [3.05, 3.63) is 58.7 Å². The summed E-state index contributed by atoms with van der Waals surface area (Å²) in [5, 5.41) is 5.69. The lowest BCUT2D eigenvalue weighted by atomic mass is 10.3. The second kappa shape index (κ2) is 8.12. The minimum absolute atomic E-state index is 0.0113. The Hall–Kier alpha value is -2.36. The predicted octanol–water partition coefficient (Wildman–Crippen LogP) is 3.26. The number of aromatic nitrogens is 4. The standard InChI is InChI=1S/C16H12Cl2F3N5O/c17-10-2-1-3-11(6-10)26-8-12(7-25-26)27-5-4-22-15-13(18)14(16(19,20)21)23-9-24-15/h1-3,6-9H,4-5H2,(H,22,23,24)/p+1. The van der Waals surface area contributed by atoms with E-state index in [1.54, 1.807) is 29.1 Å². The molecule has 1 aromatic carbocycles. The number of nitrogens with zero attached hydrogens (tertiary/aromatic N) is 4. The fourth-order valence-electron chi connectivity index (χ4n) is 2.24. The molecule has 0 spiro atoms. The molecule has 2 N–H and O–H groups in total. The van der Waals surface area contributed by atoms with Crippen molar-refractivity contribution in [2.24, 2.45) is 0 Å². The fraction of sp³-hybridized carbons (Fsp3) is 0.188. The summed E-state index contributed by atoms with van der Waals surface area (Å²) < 4.78 is 45.5. The molecule has 2 aromatic heterocycles. The Morgan fingerprint density at radius 3 is 2.74 bits per heavy atom. The summed E-state index contributed by atoms with van der Waals surface area (Å²) in [6.45, 7) is 0.513. The Labute approximate surface area is 161 Å². The normalized spacial score (nSPS) is 11.6. The van der Waals surface area contributed by atoms with Crippen LogP contribution >= 0.6 is 23.2 Å². The lowest BCUT2D eigenvalue weighted by Gasteiger charge is -2.08. The molecule has 27 heavy (non-hydrogen) atoms. The SMILES string of the molecule is FC(F)(F)c1ncnc([NH2+]CCOc2cnn(-c3cccc(Cl)c3)c2)c1Cl. The zero-order valence-corrected chi connectivity index (χ0v) is 15.1. The summed E-state index contributed by atoms with van der Waals surface area (Å²) in [5.41, 5.74) is -0.384. The molecule has 0 aliphatic carbocycles. The smallest absolute Gasteiger partial charge is 0.435 e. The van der Waals surface area contributed by atoms with Gasteiger partial charge in [-0.25, -0.2) is 9.67 Å². The first-order chi connectivity index (χ1) is 12.8. The zero-order valence-electron chi connectivity index (χ0n) is 13.6. The lowest BCUT2D eigenvalue weighted by Crippen LogP contribution is -2.80.